The fourth-order valence-corrected chi connectivity index (χ4v) is 2.03. The van der Waals surface area contributed by atoms with E-state index in [4.69, 9.17) is 9.53 Å². The SMILES string of the molecule is CNc1cccc(C(F)F)c1COc1ncccc1C(F)F.NNC=O. The Morgan fingerprint density at radius 2 is 1.77 bits per heavy atom. The molecule has 0 atom stereocenters. The average molecular weight is 374 g/mol. The number of nitrogens with zero attached hydrogens (tertiary/aromatic N) is 1. The van der Waals surface area contributed by atoms with Crippen molar-refractivity contribution in [3.63, 3.8) is 0 Å². The normalized spacial score (nSPS) is 10.2. The number of carbonyl (C=O) groups excluding carboxylic acids is 1. The monoisotopic (exact) mass is 374 g/mol. The summed E-state index contributed by atoms with van der Waals surface area (Å²) in [5.41, 5.74) is 1.84. The summed E-state index contributed by atoms with van der Waals surface area (Å²) >= 11 is 0. The maximum atomic E-state index is 13.1. The van der Waals surface area contributed by atoms with Crippen molar-refractivity contribution in [3.05, 3.63) is 53.2 Å². The van der Waals surface area contributed by atoms with Crippen LogP contribution in [0.5, 0.6) is 5.88 Å². The number of benzene rings is 1. The van der Waals surface area contributed by atoms with Crippen molar-refractivity contribution >= 4 is 12.1 Å². The molecule has 0 aliphatic rings. The molecule has 142 valence electrons. The molecule has 1 aromatic heterocycles. The van der Waals surface area contributed by atoms with Crippen molar-refractivity contribution in [1.29, 1.82) is 0 Å². The molecule has 10 heteroatoms. The number of hydrogen-bond donors (Lipinski definition) is 3. The summed E-state index contributed by atoms with van der Waals surface area (Å²) in [5.74, 6) is 4.15. The number of pyridine rings is 1. The van der Waals surface area contributed by atoms with E-state index in [-0.39, 0.29) is 29.2 Å². The number of amides is 1. The van der Waals surface area contributed by atoms with Gasteiger partial charge in [-0.15, -0.1) is 0 Å². The molecule has 0 aliphatic carbocycles. The Kier molecular flexibility index (Phi) is 8.85. The van der Waals surface area contributed by atoms with E-state index in [1.807, 2.05) is 0 Å². The fraction of sp³-hybridized carbons (Fsp3) is 0.250. The first-order chi connectivity index (χ1) is 12.5. The lowest BCUT2D eigenvalue weighted by molar-refractivity contribution is -0.109. The zero-order valence-electron chi connectivity index (χ0n) is 13.8. The first-order valence-corrected chi connectivity index (χ1v) is 7.29. The number of hydrazine groups is 1. The van der Waals surface area contributed by atoms with Gasteiger partial charge in [-0.05, 0) is 18.2 Å². The van der Waals surface area contributed by atoms with Crippen LogP contribution in [-0.2, 0) is 11.4 Å². The molecule has 2 aromatic rings. The largest absolute Gasteiger partial charge is 0.472 e. The lowest BCUT2D eigenvalue weighted by Crippen LogP contribution is -2.18. The van der Waals surface area contributed by atoms with E-state index in [0.29, 0.717) is 12.1 Å². The van der Waals surface area contributed by atoms with E-state index < -0.39 is 12.9 Å². The van der Waals surface area contributed by atoms with Gasteiger partial charge >= 0.3 is 0 Å². The van der Waals surface area contributed by atoms with E-state index in [0.717, 1.165) is 0 Å². The minimum Gasteiger partial charge on any atom is -0.472 e. The molecule has 0 saturated carbocycles. The van der Waals surface area contributed by atoms with Gasteiger partial charge in [-0.25, -0.2) is 28.4 Å². The topological polar surface area (TPSA) is 89.3 Å². The number of hydrogen-bond acceptors (Lipinski definition) is 5. The highest BCUT2D eigenvalue weighted by molar-refractivity contribution is 5.54. The highest BCUT2D eigenvalue weighted by atomic mass is 19.3. The number of rotatable bonds is 7. The first kappa shape index (κ1) is 21.2. The van der Waals surface area contributed by atoms with Crippen LogP contribution in [0, 0.1) is 0 Å². The predicted octanol–water partition coefficient (Wildman–Crippen LogP) is 3.18. The van der Waals surface area contributed by atoms with E-state index in [1.165, 1.54) is 30.5 Å². The molecular formula is C16H18F4N4O2. The van der Waals surface area contributed by atoms with Crippen molar-refractivity contribution in [2.75, 3.05) is 12.4 Å². The first-order valence-electron chi connectivity index (χ1n) is 7.29. The maximum absolute atomic E-state index is 13.1. The molecule has 0 radical (unpaired) electrons. The van der Waals surface area contributed by atoms with Crippen LogP contribution in [0.25, 0.3) is 0 Å². The van der Waals surface area contributed by atoms with Crippen LogP contribution in [-0.4, -0.2) is 18.4 Å². The van der Waals surface area contributed by atoms with Crippen molar-refractivity contribution in [3.8, 4) is 5.88 Å². The third-order valence-electron chi connectivity index (χ3n) is 3.17. The third kappa shape index (κ3) is 5.88. The minimum absolute atomic E-state index is 0.207. The molecule has 6 nitrogen and oxygen atoms in total. The molecule has 0 bridgehead atoms. The van der Waals surface area contributed by atoms with Gasteiger partial charge < -0.3 is 10.1 Å². The number of ether oxygens (including phenoxy) is 1. The Bertz CT molecular complexity index is 702. The molecular weight excluding hydrogens is 356 g/mol. The second-order valence-corrected chi connectivity index (χ2v) is 4.70. The van der Waals surface area contributed by atoms with Gasteiger partial charge in [-0.1, -0.05) is 12.1 Å². The zero-order valence-corrected chi connectivity index (χ0v) is 13.8. The molecule has 1 amide bonds. The summed E-state index contributed by atoms with van der Waals surface area (Å²) in [4.78, 5) is 12.7. The van der Waals surface area contributed by atoms with Crippen molar-refractivity contribution in [1.82, 2.24) is 10.4 Å². The molecule has 26 heavy (non-hydrogen) atoms. The summed E-state index contributed by atoms with van der Waals surface area (Å²) in [6.45, 7) is -0.284. The predicted molar refractivity (Wildman–Crippen MR) is 87.9 cm³/mol. The van der Waals surface area contributed by atoms with Gasteiger partial charge in [0.05, 0.1) is 5.56 Å². The highest BCUT2D eigenvalue weighted by Crippen LogP contribution is 2.31. The van der Waals surface area contributed by atoms with Gasteiger partial charge in [0.2, 0.25) is 12.3 Å². The van der Waals surface area contributed by atoms with Gasteiger partial charge in [0, 0.05) is 30.1 Å². The number of anilines is 1. The number of nitrogens with two attached hydrogens (primary N) is 1. The average Bonchev–Trinajstić information content (AvgIpc) is 2.66. The van der Waals surface area contributed by atoms with Crippen molar-refractivity contribution in [2.24, 2.45) is 5.84 Å². The smallest absolute Gasteiger partial charge is 0.269 e. The van der Waals surface area contributed by atoms with E-state index in [9.17, 15) is 17.6 Å². The van der Waals surface area contributed by atoms with Crippen LogP contribution in [0.3, 0.4) is 0 Å². The van der Waals surface area contributed by atoms with Crippen LogP contribution >= 0.6 is 0 Å². The standard InChI is InChI=1S/C15H14F4N2O.CH4N2O/c1-20-12-6-2-4-9(13(16)17)11(12)8-22-15-10(14(18)19)5-3-7-21-15;2-3-1-4/h2-7,13-14,20H,8H2,1H3;1H,2H2,(H,3,4). The maximum Gasteiger partial charge on any atom is 0.269 e. The number of alkyl halides is 4. The molecule has 0 saturated heterocycles. The highest BCUT2D eigenvalue weighted by Gasteiger charge is 2.19. The van der Waals surface area contributed by atoms with Crippen LogP contribution in [0.2, 0.25) is 0 Å². The number of halogens is 4. The van der Waals surface area contributed by atoms with Crippen LogP contribution in [0.15, 0.2) is 36.5 Å². The van der Waals surface area contributed by atoms with E-state index in [2.05, 4.69) is 16.1 Å². The van der Waals surface area contributed by atoms with Crippen LogP contribution in [0.4, 0.5) is 23.2 Å². The van der Waals surface area contributed by atoms with Gasteiger partial charge in [0.15, 0.2) is 0 Å². The van der Waals surface area contributed by atoms with E-state index >= 15 is 0 Å². The number of carbonyl (C=O) groups is 1. The van der Waals surface area contributed by atoms with E-state index in [1.54, 1.807) is 18.5 Å². The zero-order chi connectivity index (χ0) is 19.5. The second kappa shape index (κ2) is 10.9. The van der Waals surface area contributed by atoms with Crippen molar-refractivity contribution < 1.29 is 27.1 Å². The minimum atomic E-state index is -2.75. The summed E-state index contributed by atoms with van der Waals surface area (Å²) in [7, 11) is 1.58. The quantitative estimate of drug-likeness (QED) is 0.228. The van der Waals surface area contributed by atoms with Gasteiger partial charge in [0.25, 0.3) is 12.9 Å². The molecule has 4 N–H and O–H groups in total. The Labute approximate surface area is 147 Å². The second-order valence-electron chi connectivity index (χ2n) is 4.70. The Balaban J connectivity index is 0.000000765. The molecule has 0 fully saturated rings. The molecule has 0 unspecified atom stereocenters. The number of nitrogens with one attached hydrogen (secondary N) is 2. The summed E-state index contributed by atoms with van der Waals surface area (Å²) in [5, 5.41) is 2.78. The third-order valence-corrected chi connectivity index (χ3v) is 3.17. The lowest BCUT2D eigenvalue weighted by atomic mass is 10.1. The van der Waals surface area contributed by atoms with Gasteiger partial charge in [-0.3, -0.25) is 10.2 Å². The Hall–Kier alpha value is -2.88. The fourth-order valence-electron chi connectivity index (χ4n) is 2.03. The Morgan fingerprint density at radius 1 is 1.15 bits per heavy atom. The summed E-state index contributed by atoms with van der Waals surface area (Å²) in [6, 6.07) is 6.92. The van der Waals surface area contributed by atoms with Crippen LogP contribution < -0.4 is 21.3 Å². The molecule has 0 aliphatic heterocycles. The molecule has 0 spiro atoms. The molecule has 2 rings (SSSR count). The summed E-state index contributed by atoms with van der Waals surface area (Å²) < 4.78 is 57.1. The van der Waals surface area contributed by atoms with Gasteiger partial charge in [-0.2, -0.15) is 0 Å². The van der Waals surface area contributed by atoms with Crippen LogP contribution in [0.1, 0.15) is 29.5 Å². The van der Waals surface area contributed by atoms with Crippen molar-refractivity contribution in [2.45, 2.75) is 19.5 Å². The summed E-state index contributed by atoms with van der Waals surface area (Å²) in [6.07, 6.45) is -3.73. The Morgan fingerprint density at radius 3 is 2.31 bits per heavy atom. The number of aromatic nitrogens is 1. The molecule has 1 heterocycles. The van der Waals surface area contributed by atoms with Gasteiger partial charge in [0.1, 0.15) is 6.61 Å². The lowest BCUT2D eigenvalue weighted by Gasteiger charge is -2.15. The molecule has 1 aromatic carbocycles.